The lowest BCUT2D eigenvalue weighted by molar-refractivity contribution is 0.0209. The monoisotopic (exact) mass is 410 g/mol. The van der Waals surface area contributed by atoms with Crippen molar-refractivity contribution in [2.45, 2.75) is 27.1 Å². The number of hydrogen-bond acceptors (Lipinski definition) is 5. The minimum atomic E-state index is 0.348. The van der Waals surface area contributed by atoms with Crippen LogP contribution < -0.4 is 4.74 Å². The quantitative estimate of drug-likeness (QED) is 0.577. The van der Waals surface area contributed by atoms with Gasteiger partial charge in [-0.25, -0.2) is 4.68 Å². The molecule has 2 aromatic carbocycles. The lowest BCUT2D eigenvalue weighted by atomic mass is 10.1. The minimum absolute atomic E-state index is 0.348. The number of para-hydroxylation sites is 2. The Morgan fingerprint density at radius 1 is 1.00 bits per heavy atom. The van der Waals surface area contributed by atoms with E-state index in [4.69, 9.17) is 26.8 Å². The number of ether oxygens (including phenoxy) is 2. The fourth-order valence-corrected chi connectivity index (χ4v) is 3.88. The normalized spacial score (nSPS) is 14.8. The summed E-state index contributed by atoms with van der Waals surface area (Å²) in [6.07, 6.45) is 0. The molecule has 0 N–H and O–H groups in total. The fourth-order valence-electron chi connectivity index (χ4n) is 3.57. The smallest absolute Gasteiger partial charge is 0.203 e. The Labute approximate surface area is 176 Å². The second kappa shape index (κ2) is 8.90. The standard InChI is InChI=1S/C22H26N4O2S/c1-17-7-6-8-18(2)21(17)28-15-20-23-25(16-24-11-13-27-14-12-24)22(29)26(20)19-9-4-3-5-10-19/h3-10H,11-16H2,1-2H3. The van der Waals surface area contributed by atoms with E-state index in [9.17, 15) is 0 Å². The number of rotatable bonds is 6. The first-order valence-corrected chi connectivity index (χ1v) is 10.3. The van der Waals surface area contributed by atoms with Gasteiger partial charge in [-0.2, -0.15) is 5.10 Å². The zero-order valence-electron chi connectivity index (χ0n) is 16.9. The molecule has 0 spiro atoms. The predicted octanol–water partition coefficient (Wildman–Crippen LogP) is 3.89. The number of nitrogens with zero attached hydrogens (tertiary/aromatic N) is 4. The molecule has 0 aliphatic carbocycles. The maximum Gasteiger partial charge on any atom is 0.203 e. The van der Waals surface area contributed by atoms with Gasteiger partial charge in [-0.15, -0.1) is 0 Å². The summed E-state index contributed by atoms with van der Waals surface area (Å²) in [5.41, 5.74) is 3.22. The average molecular weight is 411 g/mol. The van der Waals surface area contributed by atoms with E-state index in [1.165, 1.54) is 0 Å². The van der Waals surface area contributed by atoms with Gasteiger partial charge in [0.15, 0.2) is 5.82 Å². The van der Waals surface area contributed by atoms with Crippen LogP contribution >= 0.6 is 12.2 Å². The van der Waals surface area contributed by atoms with Crippen molar-refractivity contribution in [3.8, 4) is 11.4 Å². The predicted molar refractivity (Wildman–Crippen MR) is 115 cm³/mol. The molecule has 0 bridgehead atoms. The van der Waals surface area contributed by atoms with Crippen LogP contribution in [0.25, 0.3) is 5.69 Å². The second-order valence-corrected chi connectivity index (χ2v) is 7.62. The van der Waals surface area contributed by atoms with Crippen LogP contribution in [0.5, 0.6) is 5.75 Å². The van der Waals surface area contributed by atoms with Gasteiger partial charge in [0, 0.05) is 18.8 Å². The first-order valence-electron chi connectivity index (χ1n) is 9.87. The summed E-state index contributed by atoms with van der Waals surface area (Å²) in [4.78, 5) is 2.30. The van der Waals surface area contributed by atoms with Crippen molar-refractivity contribution in [3.63, 3.8) is 0 Å². The summed E-state index contributed by atoms with van der Waals surface area (Å²) in [6, 6.07) is 16.3. The van der Waals surface area contributed by atoms with E-state index in [1.54, 1.807) is 0 Å². The van der Waals surface area contributed by atoms with E-state index in [-0.39, 0.29) is 0 Å². The van der Waals surface area contributed by atoms with Crippen molar-refractivity contribution >= 4 is 12.2 Å². The summed E-state index contributed by atoms with van der Waals surface area (Å²) in [6.45, 7) is 8.37. The maximum absolute atomic E-state index is 6.20. The van der Waals surface area contributed by atoms with Crippen LogP contribution in [0.15, 0.2) is 48.5 Å². The zero-order chi connectivity index (χ0) is 20.2. The Hall–Kier alpha value is -2.48. The summed E-state index contributed by atoms with van der Waals surface area (Å²) >= 11 is 5.80. The van der Waals surface area contributed by atoms with Gasteiger partial charge in [-0.3, -0.25) is 9.47 Å². The highest BCUT2D eigenvalue weighted by Crippen LogP contribution is 2.24. The van der Waals surface area contributed by atoms with Crippen molar-refractivity contribution in [3.05, 3.63) is 70.3 Å². The molecule has 1 aliphatic rings. The molecule has 0 radical (unpaired) electrons. The molecule has 1 saturated heterocycles. The van der Waals surface area contributed by atoms with Gasteiger partial charge < -0.3 is 9.47 Å². The van der Waals surface area contributed by atoms with Gasteiger partial charge in [0.1, 0.15) is 12.4 Å². The molecule has 152 valence electrons. The summed E-state index contributed by atoms with van der Waals surface area (Å²) in [7, 11) is 0. The molecule has 0 atom stereocenters. The number of morpholine rings is 1. The molecule has 0 amide bonds. The number of benzene rings is 2. The van der Waals surface area contributed by atoms with Crippen molar-refractivity contribution < 1.29 is 9.47 Å². The lowest BCUT2D eigenvalue weighted by Crippen LogP contribution is -2.37. The van der Waals surface area contributed by atoms with Crippen LogP contribution in [0.4, 0.5) is 0 Å². The van der Waals surface area contributed by atoms with Crippen LogP contribution in [0, 0.1) is 18.6 Å². The average Bonchev–Trinajstić information content (AvgIpc) is 3.04. The molecule has 0 unspecified atom stereocenters. The van der Waals surface area contributed by atoms with Gasteiger partial charge in [0.25, 0.3) is 0 Å². The van der Waals surface area contributed by atoms with Crippen molar-refractivity contribution in [1.82, 2.24) is 19.2 Å². The van der Waals surface area contributed by atoms with Gasteiger partial charge in [-0.05, 0) is 49.3 Å². The highest BCUT2D eigenvalue weighted by molar-refractivity contribution is 7.71. The van der Waals surface area contributed by atoms with Gasteiger partial charge in [0.05, 0.1) is 19.9 Å². The first-order chi connectivity index (χ1) is 14.1. The summed E-state index contributed by atoms with van der Waals surface area (Å²) in [5.74, 6) is 1.69. The Morgan fingerprint density at radius 3 is 2.38 bits per heavy atom. The Morgan fingerprint density at radius 2 is 1.69 bits per heavy atom. The maximum atomic E-state index is 6.20. The van der Waals surface area contributed by atoms with Crippen molar-refractivity contribution in [1.29, 1.82) is 0 Å². The van der Waals surface area contributed by atoms with Crippen molar-refractivity contribution in [2.24, 2.45) is 0 Å². The summed E-state index contributed by atoms with van der Waals surface area (Å²) < 4.78 is 16.2. The third-order valence-corrected chi connectivity index (χ3v) is 5.51. The van der Waals surface area contributed by atoms with E-state index in [1.807, 2.05) is 45.6 Å². The topological polar surface area (TPSA) is 44.4 Å². The second-order valence-electron chi connectivity index (χ2n) is 7.25. The summed E-state index contributed by atoms with van der Waals surface area (Å²) in [5, 5.41) is 4.82. The molecule has 0 saturated carbocycles. The third-order valence-electron chi connectivity index (χ3n) is 5.11. The molecule has 4 rings (SSSR count). The van der Waals surface area contributed by atoms with Crippen LogP contribution in [0.3, 0.4) is 0 Å². The SMILES string of the molecule is Cc1cccc(C)c1OCc1nn(CN2CCOCC2)c(=S)n1-c1ccccc1. The Kier molecular flexibility index (Phi) is 6.08. The number of aromatic nitrogens is 3. The minimum Gasteiger partial charge on any atom is -0.485 e. The first kappa shape index (κ1) is 19.8. The zero-order valence-corrected chi connectivity index (χ0v) is 17.7. The van der Waals surface area contributed by atoms with Crippen LogP contribution in [0.1, 0.15) is 17.0 Å². The van der Waals surface area contributed by atoms with Crippen LogP contribution in [-0.2, 0) is 18.0 Å². The molecule has 1 aliphatic heterocycles. The van der Waals surface area contributed by atoms with E-state index in [0.29, 0.717) is 18.0 Å². The third kappa shape index (κ3) is 4.42. The Balaban J connectivity index is 1.65. The highest BCUT2D eigenvalue weighted by atomic mass is 32.1. The van der Waals surface area contributed by atoms with Crippen molar-refractivity contribution in [2.75, 3.05) is 26.3 Å². The molecular weight excluding hydrogens is 384 g/mol. The number of hydrogen-bond donors (Lipinski definition) is 0. The van der Waals surface area contributed by atoms with Crippen LogP contribution in [-0.4, -0.2) is 45.6 Å². The molecule has 6 nitrogen and oxygen atoms in total. The largest absolute Gasteiger partial charge is 0.485 e. The molecule has 2 heterocycles. The van der Waals surface area contributed by atoms with Crippen LogP contribution in [0.2, 0.25) is 0 Å². The number of aryl methyl sites for hydroxylation is 2. The van der Waals surface area contributed by atoms with E-state index < -0.39 is 0 Å². The Bertz CT molecular complexity index is 1000. The van der Waals surface area contributed by atoms with E-state index in [0.717, 1.165) is 54.7 Å². The molecule has 1 fully saturated rings. The molecule has 1 aromatic heterocycles. The lowest BCUT2D eigenvalue weighted by Gasteiger charge is -2.26. The van der Waals surface area contributed by atoms with E-state index in [2.05, 4.69) is 30.9 Å². The highest BCUT2D eigenvalue weighted by Gasteiger charge is 2.17. The van der Waals surface area contributed by atoms with Gasteiger partial charge in [0.2, 0.25) is 4.77 Å². The van der Waals surface area contributed by atoms with E-state index >= 15 is 0 Å². The fraction of sp³-hybridized carbons (Fsp3) is 0.364. The van der Waals surface area contributed by atoms with Gasteiger partial charge >= 0.3 is 0 Å². The molecular formula is C22H26N4O2S. The molecule has 29 heavy (non-hydrogen) atoms. The molecule has 7 heteroatoms. The van der Waals surface area contributed by atoms with Gasteiger partial charge in [-0.1, -0.05) is 36.4 Å². The molecule has 3 aromatic rings.